The third kappa shape index (κ3) is 2.23. The molecule has 0 radical (unpaired) electrons. The van der Waals surface area contributed by atoms with Crippen molar-refractivity contribution in [1.29, 1.82) is 0 Å². The molecular weight excluding hydrogens is 284 g/mol. The summed E-state index contributed by atoms with van der Waals surface area (Å²) in [7, 11) is 0. The monoisotopic (exact) mass is 300 g/mol. The number of amides is 2. The first-order valence-corrected chi connectivity index (χ1v) is 7.36. The van der Waals surface area contributed by atoms with Gasteiger partial charge in [-0.15, -0.1) is 0 Å². The molecule has 0 aliphatic carbocycles. The third-order valence-electron chi connectivity index (χ3n) is 4.48. The fraction of sp³-hybridized carbons (Fsp3) is 0.400. The van der Waals surface area contributed by atoms with Crippen LogP contribution in [-0.4, -0.2) is 47.9 Å². The van der Waals surface area contributed by atoms with Crippen LogP contribution in [0.2, 0.25) is 0 Å². The number of nitrogens with zero attached hydrogens (tertiary/aromatic N) is 2. The predicted octanol–water partition coefficient (Wildman–Crippen LogP) is 0.830. The highest BCUT2D eigenvalue weighted by molar-refractivity contribution is 5.96. The van der Waals surface area contributed by atoms with Gasteiger partial charge in [0.05, 0.1) is 0 Å². The van der Waals surface area contributed by atoms with Crippen LogP contribution in [0, 0.1) is 5.92 Å². The fourth-order valence-electron chi connectivity index (χ4n) is 3.38. The van der Waals surface area contributed by atoms with Gasteiger partial charge in [-0.1, -0.05) is 0 Å². The Morgan fingerprint density at radius 1 is 1.41 bits per heavy atom. The number of furan rings is 1. The molecule has 2 unspecified atom stereocenters. The maximum atomic E-state index is 12.3. The zero-order valence-corrected chi connectivity index (χ0v) is 11.9. The minimum absolute atomic E-state index is 0.179. The molecule has 2 saturated heterocycles. The van der Waals surface area contributed by atoms with E-state index in [0.717, 1.165) is 31.4 Å². The Bertz CT molecular complexity index is 741. The topological polar surface area (TPSA) is 87.5 Å². The van der Waals surface area contributed by atoms with E-state index in [2.05, 4.69) is 20.5 Å². The number of carbonyl (C=O) groups is 2. The Morgan fingerprint density at radius 3 is 3.05 bits per heavy atom. The molecule has 7 nitrogen and oxygen atoms in total. The smallest absolute Gasteiger partial charge is 0.270 e. The molecule has 2 aliphatic heterocycles. The normalized spacial score (nSPS) is 26.3. The SMILES string of the molecule is O=CNc1cc2cnc(C(=O)NC3CN4CC[C@H]3C4)cc2o1. The minimum atomic E-state index is -0.179. The Morgan fingerprint density at radius 2 is 2.32 bits per heavy atom. The largest absolute Gasteiger partial charge is 0.440 e. The van der Waals surface area contributed by atoms with Gasteiger partial charge in [-0.3, -0.25) is 19.9 Å². The second-order valence-electron chi connectivity index (χ2n) is 5.87. The zero-order chi connectivity index (χ0) is 15.1. The molecule has 0 spiro atoms. The van der Waals surface area contributed by atoms with Crippen molar-refractivity contribution in [3.8, 4) is 0 Å². The van der Waals surface area contributed by atoms with Gasteiger partial charge in [0.1, 0.15) is 11.3 Å². The summed E-state index contributed by atoms with van der Waals surface area (Å²) in [5.74, 6) is 0.715. The highest BCUT2D eigenvalue weighted by atomic mass is 16.4. The molecule has 2 aromatic heterocycles. The summed E-state index contributed by atoms with van der Waals surface area (Å²) >= 11 is 0. The maximum Gasteiger partial charge on any atom is 0.270 e. The van der Waals surface area contributed by atoms with Crippen LogP contribution in [0.25, 0.3) is 11.0 Å². The van der Waals surface area contributed by atoms with E-state index in [-0.39, 0.29) is 11.9 Å². The first-order chi connectivity index (χ1) is 10.7. The number of fused-ring (bicyclic) bond motifs is 3. The first kappa shape index (κ1) is 13.3. The van der Waals surface area contributed by atoms with Gasteiger partial charge >= 0.3 is 0 Å². The van der Waals surface area contributed by atoms with E-state index in [0.29, 0.717) is 29.5 Å². The van der Waals surface area contributed by atoms with Crippen molar-refractivity contribution in [2.75, 3.05) is 25.0 Å². The summed E-state index contributed by atoms with van der Waals surface area (Å²) in [6.07, 6.45) is 3.27. The Labute approximate surface area is 126 Å². The van der Waals surface area contributed by atoms with Gasteiger partial charge in [0.2, 0.25) is 12.3 Å². The lowest BCUT2D eigenvalue weighted by Crippen LogP contribution is -2.43. The molecule has 0 saturated carbocycles. The average Bonchev–Trinajstić information content (AvgIpc) is 3.20. The lowest BCUT2D eigenvalue weighted by Gasteiger charge is -2.22. The van der Waals surface area contributed by atoms with Crippen LogP contribution in [0.5, 0.6) is 0 Å². The first-order valence-electron chi connectivity index (χ1n) is 7.36. The van der Waals surface area contributed by atoms with Crippen molar-refractivity contribution in [2.24, 2.45) is 5.92 Å². The van der Waals surface area contributed by atoms with Crippen molar-refractivity contribution in [2.45, 2.75) is 12.5 Å². The quantitative estimate of drug-likeness (QED) is 0.817. The van der Waals surface area contributed by atoms with Crippen LogP contribution >= 0.6 is 0 Å². The van der Waals surface area contributed by atoms with Crippen LogP contribution in [0.15, 0.2) is 22.7 Å². The van der Waals surface area contributed by atoms with Gasteiger partial charge in [-0.05, 0) is 18.9 Å². The summed E-state index contributed by atoms with van der Waals surface area (Å²) in [5, 5.41) is 6.25. The van der Waals surface area contributed by atoms with Crippen molar-refractivity contribution in [3.63, 3.8) is 0 Å². The molecule has 2 fully saturated rings. The zero-order valence-electron chi connectivity index (χ0n) is 11.9. The van der Waals surface area contributed by atoms with E-state index in [1.165, 1.54) is 0 Å². The van der Waals surface area contributed by atoms with E-state index in [1.54, 1.807) is 18.3 Å². The molecule has 4 rings (SSSR count). The van der Waals surface area contributed by atoms with E-state index >= 15 is 0 Å². The van der Waals surface area contributed by atoms with E-state index < -0.39 is 0 Å². The fourth-order valence-corrected chi connectivity index (χ4v) is 3.38. The highest BCUT2D eigenvalue weighted by Gasteiger charge is 2.38. The molecule has 2 bridgehead atoms. The van der Waals surface area contributed by atoms with E-state index in [4.69, 9.17) is 4.42 Å². The Hall–Kier alpha value is -2.41. The molecule has 4 heterocycles. The summed E-state index contributed by atoms with van der Waals surface area (Å²) in [6.45, 7) is 3.14. The molecule has 2 aromatic rings. The molecule has 7 heteroatoms. The number of piperidine rings is 1. The Kier molecular flexibility index (Phi) is 3.07. The van der Waals surface area contributed by atoms with Gasteiger partial charge in [-0.25, -0.2) is 0 Å². The lowest BCUT2D eigenvalue weighted by molar-refractivity contribution is -0.105. The number of hydrogen-bond donors (Lipinski definition) is 2. The van der Waals surface area contributed by atoms with Gasteiger partial charge in [0.25, 0.3) is 5.91 Å². The number of aromatic nitrogens is 1. The second kappa shape index (κ2) is 5.10. The minimum Gasteiger partial charge on any atom is -0.440 e. The van der Waals surface area contributed by atoms with Crippen molar-refractivity contribution >= 4 is 29.2 Å². The predicted molar refractivity (Wildman–Crippen MR) is 79.5 cm³/mol. The van der Waals surface area contributed by atoms with Crippen molar-refractivity contribution in [3.05, 3.63) is 24.0 Å². The van der Waals surface area contributed by atoms with Crippen LogP contribution in [-0.2, 0) is 4.79 Å². The highest BCUT2D eigenvalue weighted by Crippen LogP contribution is 2.28. The molecule has 22 heavy (non-hydrogen) atoms. The van der Waals surface area contributed by atoms with Gasteiger partial charge < -0.3 is 14.6 Å². The van der Waals surface area contributed by atoms with Crippen LogP contribution < -0.4 is 10.6 Å². The molecule has 2 N–H and O–H groups in total. The van der Waals surface area contributed by atoms with Crippen LogP contribution in [0.4, 0.5) is 5.88 Å². The number of rotatable bonds is 4. The number of pyridine rings is 1. The third-order valence-corrected chi connectivity index (χ3v) is 4.48. The molecule has 2 amide bonds. The standard InChI is InChI=1S/C15H16N4O3/c20-8-17-14-3-10-5-16-11(4-13(10)22-14)15(21)18-12-7-19-2-1-9(12)6-19/h3-5,8-9,12H,1-2,6-7H2,(H,17,20)(H,18,21)/t9-,12?/m0/s1. The van der Waals surface area contributed by atoms with E-state index in [9.17, 15) is 9.59 Å². The van der Waals surface area contributed by atoms with Gasteiger partial charge in [-0.2, -0.15) is 0 Å². The van der Waals surface area contributed by atoms with Crippen molar-refractivity contribution < 1.29 is 14.0 Å². The molecule has 3 atom stereocenters. The van der Waals surface area contributed by atoms with Crippen LogP contribution in [0.3, 0.4) is 0 Å². The Balaban J connectivity index is 1.52. The molecular formula is C15H16N4O3. The molecule has 114 valence electrons. The second-order valence-corrected chi connectivity index (χ2v) is 5.87. The van der Waals surface area contributed by atoms with Crippen LogP contribution in [0.1, 0.15) is 16.9 Å². The summed E-state index contributed by atoms with van der Waals surface area (Å²) in [4.78, 5) is 29.3. The summed E-state index contributed by atoms with van der Waals surface area (Å²) < 4.78 is 5.45. The number of anilines is 1. The number of nitrogens with one attached hydrogen (secondary N) is 2. The molecule has 2 aliphatic rings. The lowest BCUT2D eigenvalue weighted by atomic mass is 10.00. The van der Waals surface area contributed by atoms with Gasteiger partial charge in [0.15, 0.2) is 0 Å². The number of carbonyl (C=O) groups excluding carboxylic acids is 2. The van der Waals surface area contributed by atoms with E-state index in [1.807, 2.05) is 0 Å². The van der Waals surface area contributed by atoms with Crippen molar-refractivity contribution in [1.82, 2.24) is 15.2 Å². The number of hydrogen-bond acceptors (Lipinski definition) is 5. The summed E-state index contributed by atoms with van der Waals surface area (Å²) in [5.41, 5.74) is 0.860. The maximum absolute atomic E-state index is 12.3. The summed E-state index contributed by atoms with van der Waals surface area (Å²) in [6, 6.07) is 3.48. The van der Waals surface area contributed by atoms with Gasteiger partial charge in [0, 0.05) is 42.8 Å². The molecule has 0 aromatic carbocycles. The average molecular weight is 300 g/mol.